The van der Waals surface area contributed by atoms with Crippen LogP contribution in [0.4, 0.5) is 0 Å². The van der Waals surface area contributed by atoms with Crippen LogP contribution in [0.3, 0.4) is 0 Å². The highest BCUT2D eigenvalue weighted by Crippen LogP contribution is 2.30. The standard InChI is InChI=1S/C26H23NO5/c1-18-8-11-21(12-9-18)30-14-15-31-23-13-10-19(17-24(23)29-2)16-22-26(28)32-25(27-22)20-6-4-3-5-7-20/h3-13,16-17H,14-15H2,1-2H3. The Hall–Kier alpha value is -4.06. The van der Waals surface area contributed by atoms with E-state index in [0.717, 1.165) is 16.9 Å². The lowest BCUT2D eigenvalue weighted by Gasteiger charge is -2.12. The van der Waals surface area contributed by atoms with E-state index in [0.29, 0.717) is 30.6 Å². The first-order valence-corrected chi connectivity index (χ1v) is 10.2. The van der Waals surface area contributed by atoms with Gasteiger partial charge in [-0.15, -0.1) is 0 Å². The number of rotatable bonds is 8. The molecule has 6 nitrogen and oxygen atoms in total. The van der Waals surface area contributed by atoms with Gasteiger partial charge in [0.05, 0.1) is 7.11 Å². The molecule has 162 valence electrons. The third-order valence-corrected chi connectivity index (χ3v) is 4.76. The third-order valence-electron chi connectivity index (χ3n) is 4.76. The zero-order chi connectivity index (χ0) is 22.3. The highest BCUT2D eigenvalue weighted by molar-refractivity contribution is 6.12. The number of carbonyl (C=O) groups is 1. The van der Waals surface area contributed by atoms with E-state index in [-0.39, 0.29) is 5.70 Å². The van der Waals surface area contributed by atoms with Crippen molar-refractivity contribution in [2.45, 2.75) is 6.92 Å². The fourth-order valence-electron chi connectivity index (χ4n) is 3.11. The first kappa shape index (κ1) is 21.2. The zero-order valence-electron chi connectivity index (χ0n) is 17.9. The van der Waals surface area contributed by atoms with Crippen molar-refractivity contribution in [3.63, 3.8) is 0 Å². The largest absolute Gasteiger partial charge is 0.493 e. The van der Waals surface area contributed by atoms with Crippen LogP contribution in [0.25, 0.3) is 6.08 Å². The van der Waals surface area contributed by atoms with Crippen LogP contribution in [0.15, 0.2) is 83.5 Å². The molecule has 4 rings (SSSR count). The summed E-state index contributed by atoms with van der Waals surface area (Å²) >= 11 is 0. The van der Waals surface area contributed by atoms with Crippen LogP contribution >= 0.6 is 0 Å². The van der Waals surface area contributed by atoms with Crippen LogP contribution in [0, 0.1) is 6.92 Å². The summed E-state index contributed by atoms with van der Waals surface area (Å²) in [5.74, 6) is 1.74. The molecule has 0 spiro atoms. The van der Waals surface area contributed by atoms with Gasteiger partial charge in [0.2, 0.25) is 5.90 Å². The maximum absolute atomic E-state index is 12.2. The number of benzene rings is 3. The molecule has 1 aliphatic rings. The van der Waals surface area contributed by atoms with Crippen molar-refractivity contribution >= 4 is 17.9 Å². The summed E-state index contributed by atoms with van der Waals surface area (Å²) in [6.07, 6.45) is 1.66. The van der Waals surface area contributed by atoms with E-state index in [1.807, 2.05) is 67.6 Å². The van der Waals surface area contributed by atoms with E-state index in [1.165, 1.54) is 5.56 Å². The van der Waals surface area contributed by atoms with Gasteiger partial charge in [-0.05, 0) is 55.0 Å². The molecular weight excluding hydrogens is 406 g/mol. The summed E-state index contributed by atoms with van der Waals surface area (Å²) in [7, 11) is 1.57. The number of cyclic esters (lactones) is 1. The summed E-state index contributed by atoms with van der Waals surface area (Å²) in [5, 5.41) is 0. The maximum atomic E-state index is 12.2. The van der Waals surface area contributed by atoms with Gasteiger partial charge in [0.1, 0.15) is 19.0 Å². The van der Waals surface area contributed by atoms with Crippen LogP contribution in [0.5, 0.6) is 17.2 Å². The van der Waals surface area contributed by atoms with E-state index < -0.39 is 5.97 Å². The van der Waals surface area contributed by atoms with Crippen molar-refractivity contribution in [3.8, 4) is 17.2 Å². The molecule has 0 amide bonds. The Bertz CT molecular complexity index is 1150. The molecule has 3 aromatic carbocycles. The van der Waals surface area contributed by atoms with Gasteiger partial charge in [0.15, 0.2) is 17.2 Å². The molecule has 3 aromatic rings. The topological polar surface area (TPSA) is 66.4 Å². The Labute approximate surface area is 186 Å². The normalized spacial score (nSPS) is 14.1. The number of aryl methyl sites for hydroxylation is 1. The van der Waals surface area contributed by atoms with Gasteiger partial charge in [0, 0.05) is 5.56 Å². The van der Waals surface area contributed by atoms with Gasteiger partial charge in [-0.1, -0.05) is 42.0 Å². The number of hydrogen-bond acceptors (Lipinski definition) is 6. The average molecular weight is 429 g/mol. The summed E-state index contributed by atoms with van der Waals surface area (Å²) in [6, 6.07) is 22.6. The van der Waals surface area contributed by atoms with Gasteiger partial charge in [-0.3, -0.25) is 0 Å². The molecular formula is C26H23NO5. The minimum atomic E-state index is -0.489. The lowest BCUT2D eigenvalue weighted by molar-refractivity contribution is -0.129. The highest BCUT2D eigenvalue weighted by Gasteiger charge is 2.24. The second-order valence-electron chi connectivity index (χ2n) is 7.12. The lowest BCUT2D eigenvalue weighted by atomic mass is 10.1. The smallest absolute Gasteiger partial charge is 0.363 e. The van der Waals surface area contributed by atoms with Crippen LogP contribution in [-0.2, 0) is 9.53 Å². The van der Waals surface area contributed by atoms with E-state index in [1.54, 1.807) is 25.3 Å². The molecule has 0 N–H and O–H groups in total. The number of carbonyl (C=O) groups excluding carboxylic acids is 1. The first-order valence-electron chi connectivity index (χ1n) is 10.2. The zero-order valence-corrected chi connectivity index (χ0v) is 17.9. The highest BCUT2D eigenvalue weighted by atomic mass is 16.6. The molecule has 0 saturated carbocycles. The Morgan fingerprint density at radius 3 is 2.41 bits per heavy atom. The number of hydrogen-bond donors (Lipinski definition) is 0. The Balaban J connectivity index is 1.41. The van der Waals surface area contributed by atoms with Crippen molar-refractivity contribution in [1.82, 2.24) is 0 Å². The second kappa shape index (κ2) is 9.83. The summed E-state index contributed by atoms with van der Waals surface area (Å²) in [5.41, 5.74) is 2.90. The molecule has 0 aliphatic carbocycles. The van der Waals surface area contributed by atoms with E-state index in [2.05, 4.69) is 4.99 Å². The van der Waals surface area contributed by atoms with Gasteiger partial charge in [-0.25, -0.2) is 9.79 Å². The second-order valence-corrected chi connectivity index (χ2v) is 7.12. The van der Waals surface area contributed by atoms with Crippen LogP contribution in [0.1, 0.15) is 16.7 Å². The fraction of sp³-hybridized carbons (Fsp3) is 0.154. The Kier molecular flexibility index (Phi) is 6.51. The predicted molar refractivity (Wildman–Crippen MR) is 122 cm³/mol. The summed E-state index contributed by atoms with van der Waals surface area (Å²) < 4.78 is 22.2. The average Bonchev–Trinajstić information content (AvgIpc) is 3.19. The molecule has 0 fully saturated rings. The van der Waals surface area contributed by atoms with Gasteiger partial charge in [0.25, 0.3) is 0 Å². The van der Waals surface area contributed by atoms with E-state index in [9.17, 15) is 4.79 Å². The maximum Gasteiger partial charge on any atom is 0.363 e. The van der Waals surface area contributed by atoms with Crippen molar-refractivity contribution in [2.75, 3.05) is 20.3 Å². The quantitative estimate of drug-likeness (QED) is 0.292. The van der Waals surface area contributed by atoms with Crippen molar-refractivity contribution < 1.29 is 23.7 Å². The summed E-state index contributed by atoms with van der Waals surface area (Å²) in [6.45, 7) is 2.80. The van der Waals surface area contributed by atoms with Gasteiger partial charge in [-0.2, -0.15) is 0 Å². The molecule has 0 aromatic heterocycles. The molecule has 0 unspecified atom stereocenters. The monoisotopic (exact) mass is 429 g/mol. The minimum Gasteiger partial charge on any atom is -0.493 e. The lowest BCUT2D eigenvalue weighted by Crippen LogP contribution is -2.09. The predicted octanol–water partition coefficient (Wildman–Crippen LogP) is 4.81. The van der Waals surface area contributed by atoms with Crippen molar-refractivity contribution in [1.29, 1.82) is 0 Å². The number of methoxy groups -OCH3 is 1. The Morgan fingerprint density at radius 2 is 1.66 bits per heavy atom. The minimum absolute atomic E-state index is 0.228. The van der Waals surface area contributed by atoms with Crippen LogP contribution in [0.2, 0.25) is 0 Å². The van der Waals surface area contributed by atoms with Crippen LogP contribution < -0.4 is 14.2 Å². The molecule has 32 heavy (non-hydrogen) atoms. The van der Waals surface area contributed by atoms with E-state index >= 15 is 0 Å². The third kappa shape index (κ3) is 5.16. The molecule has 0 saturated heterocycles. The van der Waals surface area contributed by atoms with Gasteiger partial charge < -0.3 is 18.9 Å². The van der Waals surface area contributed by atoms with Crippen LogP contribution in [-0.4, -0.2) is 32.2 Å². The summed E-state index contributed by atoms with van der Waals surface area (Å²) in [4.78, 5) is 16.5. The molecule has 6 heteroatoms. The number of aliphatic imine (C=N–C) groups is 1. The Morgan fingerprint density at radius 1 is 0.906 bits per heavy atom. The molecule has 0 atom stereocenters. The molecule has 0 bridgehead atoms. The number of ether oxygens (including phenoxy) is 4. The van der Waals surface area contributed by atoms with Crippen molar-refractivity contribution in [3.05, 3.63) is 95.2 Å². The van der Waals surface area contributed by atoms with E-state index in [4.69, 9.17) is 18.9 Å². The molecule has 0 radical (unpaired) electrons. The molecule has 1 aliphatic heterocycles. The SMILES string of the molecule is COc1cc(C=C2N=C(c3ccccc3)OC2=O)ccc1OCCOc1ccc(C)cc1. The fourth-order valence-corrected chi connectivity index (χ4v) is 3.11. The number of esters is 1. The van der Waals surface area contributed by atoms with Gasteiger partial charge >= 0.3 is 5.97 Å². The van der Waals surface area contributed by atoms with Crippen molar-refractivity contribution in [2.24, 2.45) is 4.99 Å². The molecule has 1 heterocycles. The number of nitrogens with zero attached hydrogens (tertiary/aromatic N) is 1. The first-order chi connectivity index (χ1) is 15.6.